The average molecular weight is 733 g/mol. The van der Waals surface area contributed by atoms with Gasteiger partial charge in [0.1, 0.15) is 12.2 Å². The van der Waals surface area contributed by atoms with Crippen LogP contribution in [0.5, 0.6) is 11.5 Å². The minimum absolute atomic E-state index is 0.0500. The number of nitrogens with one attached hydrogen (secondary N) is 1. The fourth-order valence-electron chi connectivity index (χ4n) is 5.49. The van der Waals surface area contributed by atoms with Crippen molar-refractivity contribution in [3.63, 3.8) is 0 Å². The zero-order valence-corrected chi connectivity index (χ0v) is 26.9. The highest BCUT2D eigenvalue weighted by molar-refractivity contribution is 14.1. The van der Waals surface area contributed by atoms with Crippen LogP contribution in [0.25, 0.3) is 0 Å². The molecule has 4 rings (SSSR count). The maximum Gasteiger partial charge on any atom is 0.247 e. The zero-order valence-electron chi connectivity index (χ0n) is 23.2. The van der Waals surface area contributed by atoms with Gasteiger partial charge in [-0.15, -0.1) is 0 Å². The lowest BCUT2D eigenvalue weighted by Gasteiger charge is -2.41. The van der Waals surface area contributed by atoms with E-state index in [1.54, 1.807) is 41.3 Å². The Morgan fingerprint density at radius 3 is 2.52 bits per heavy atom. The van der Waals surface area contributed by atoms with Gasteiger partial charge in [-0.1, -0.05) is 42.1 Å². The molecule has 2 aliphatic rings. The van der Waals surface area contributed by atoms with Gasteiger partial charge in [-0.05, 0) is 76.9 Å². The van der Waals surface area contributed by atoms with Gasteiger partial charge in [0.2, 0.25) is 11.8 Å². The van der Waals surface area contributed by atoms with Crippen LogP contribution in [0.1, 0.15) is 43.2 Å². The van der Waals surface area contributed by atoms with Gasteiger partial charge in [-0.3, -0.25) is 9.59 Å². The number of carbonyl (C=O) groups is 2. The molecule has 1 saturated carbocycles. The molecule has 3 atom stereocenters. The molecule has 0 radical (unpaired) electrons. The summed E-state index contributed by atoms with van der Waals surface area (Å²) in [7, 11) is 1.47. The summed E-state index contributed by atoms with van der Waals surface area (Å²) in [5, 5.41) is 34.2. The molecule has 0 saturated heterocycles. The summed E-state index contributed by atoms with van der Waals surface area (Å²) in [6.45, 7) is -0.272. The van der Waals surface area contributed by atoms with E-state index in [-0.39, 0.29) is 44.5 Å². The topological polar surface area (TPSA) is 129 Å². The van der Waals surface area contributed by atoms with Crippen molar-refractivity contribution >= 4 is 57.6 Å². The van der Waals surface area contributed by atoms with Gasteiger partial charge >= 0.3 is 0 Å². The quantitative estimate of drug-likeness (QED) is 0.255. The number of halogens is 3. The van der Waals surface area contributed by atoms with E-state index < -0.39 is 24.2 Å². The first kappa shape index (κ1) is 32.8. The minimum Gasteiger partial charge on any atom is -0.493 e. The van der Waals surface area contributed by atoms with Gasteiger partial charge in [0, 0.05) is 41.0 Å². The average Bonchev–Trinajstić information content (AvgIpc) is 3.52. The van der Waals surface area contributed by atoms with Crippen LogP contribution in [0.4, 0.5) is 0 Å². The van der Waals surface area contributed by atoms with Crippen molar-refractivity contribution in [2.75, 3.05) is 20.3 Å². The second-order valence-corrected chi connectivity index (χ2v) is 12.5. The van der Waals surface area contributed by atoms with Gasteiger partial charge in [0.05, 0.1) is 29.9 Å². The van der Waals surface area contributed by atoms with E-state index in [4.69, 9.17) is 32.7 Å². The molecular weight excluding hydrogens is 698 g/mol. The van der Waals surface area contributed by atoms with Crippen molar-refractivity contribution in [3.05, 3.63) is 66.7 Å². The minimum atomic E-state index is -1.21. The van der Waals surface area contributed by atoms with Crippen LogP contribution in [0.3, 0.4) is 0 Å². The summed E-state index contributed by atoms with van der Waals surface area (Å²) >= 11 is 14.7. The van der Waals surface area contributed by atoms with Crippen molar-refractivity contribution in [1.82, 2.24) is 10.2 Å². The van der Waals surface area contributed by atoms with Gasteiger partial charge in [-0.2, -0.15) is 0 Å². The molecular formula is C30H35Cl2IN2O7. The lowest BCUT2D eigenvalue weighted by Crippen LogP contribution is -2.55. The van der Waals surface area contributed by atoms with E-state index in [9.17, 15) is 24.9 Å². The first-order chi connectivity index (χ1) is 20.2. The molecule has 0 heterocycles. The molecule has 2 aromatic rings. The lowest BCUT2D eigenvalue weighted by molar-refractivity contribution is -0.143. The van der Waals surface area contributed by atoms with Gasteiger partial charge in [0.25, 0.3) is 0 Å². The molecule has 42 heavy (non-hydrogen) atoms. The molecule has 228 valence electrons. The predicted octanol–water partition coefficient (Wildman–Crippen LogP) is 4.23. The smallest absolute Gasteiger partial charge is 0.247 e. The Kier molecular flexibility index (Phi) is 11.8. The summed E-state index contributed by atoms with van der Waals surface area (Å²) in [6, 6.07) is 7.61. The van der Waals surface area contributed by atoms with Crippen LogP contribution < -0.4 is 14.8 Å². The molecule has 2 amide bonds. The molecule has 0 aromatic heterocycles. The molecule has 9 nitrogen and oxygen atoms in total. The van der Waals surface area contributed by atoms with E-state index in [0.29, 0.717) is 41.8 Å². The summed E-state index contributed by atoms with van der Waals surface area (Å²) < 4.78 is 12.5. The highest BCUT2D eigenvalue weighted by Crippen LogP contribution is 2.38. The van der Waals surface area contributed by atoms with E-state index in [2.05, 4.69) is 27.9 Å². The maximum absolute atomic E-state index is 14.0. The number of rotatable bonds is 11. The zero-order chi connectivity index (χ0) is 30.4. The number of hydrogen-bond acceptors (Lipinski definition) is 7. The number of carbonyl (C=O) groups excluding carboxylic acids is 2. The molecule has 12 heteroatoms. The largest absolute Gasteiger partial charge is 0.493 e. The number of nitrogens with zero attached hydrogens (tertiary/aromatic N) is 1. The lowest BCUT2D eigenvalue weighted by atomic mass is 9.87. The second kappa shape index (κ2) is 15.1. The van der Waals surface area contributed by atoms with Crippen molar-refractivity contribution in [3.8, 4) is 11.5 Å². The van der Waals surface area contributed by atoms with Crippen LogP contribution in [0, 0.1) is 9.49 Å². The Morgan fingerprint density at radius 1 is 1.14 bits per heavy atom. The third-order valence-corrected chi connectivity index (χ3v) is 9.07. The summed E-state index contributed by atoms with van der Waals surface area (Å²) in [5.41, 5.74) is 1.60. The maximum atomic E-state index is 14.0. The van der Waals surface area contributed by atoms with Crippen LogP contribution in [-0.2, 0) is 22.7 Å². The number of ether oxygens (including phenoxy) is 2. The highest BCUT2D eigenvalue weighted by Gasteiger charge is 2.42. The standard InChI is InChI=1S/C30H35Cl2IN2O7/c1-41-26-11-17(16-37)10-23(33)28(26)42-25-13-20(29(39)34-8-9-36)12-24(27(25)38)35(30(40)18-4-2-3-5-18)15-19-6-7-21(31)14-22(19)32/h6-7,10-11,13-14,18,24-25,27,36-38H,2-5,8-9,12,15-16H2,1H3,(H,34,39)/t24-,25+,27+/m1/s1. The fourth-order valence-corrected chi connectivity index (χ4v) is 6.76. The van der Waals surface area contributed by atoms with E-state index in [1.165, 1.54) is 7.11 Å². The van der Waals surface area contributed by atoms with E-state index >= 15 is 0 Å². The molecule has 0 bridgehead atoms. The second-order valence-electron chi connectivity index (χ2n) is 10.5. The van der Waals surface area contributed by atoms with Crippen molar-refractivity contribution in [1.29, 1.82) is 0 Å². The van der Waals surface area contributed by atoms with Crippen LogP contribution in [0.2, 0.25) is 10.0 Å². The molecule has 0 aliphatic heterocycles. The number of amides is 2. The Hall–Kier alpha value is -2.09. The van der Waals surface area contributed by atoms with Crippen molar-refractivity contribution in [2.24, 2.45) is 5.92 Å². The van der Waals surface area contributed by atoms with Crippen molar-refractivity contribution in [2.45, 2.75) is 63.5 Å². The summed E-state index contributed by atoms with van der Waals surface area (Å²) in [4.78, 5) is 28.8. The molecule has 1 fully saturated rings. The molecule has 2 aromatic carbocycles. The van der Waals surface area contributed by atoms with Crippen LogP contribution >= 0.6 is 45.8 Å². The molecule has 0 spiro atoms. The fraction of sp³-hybridized carbons (Fsp3) is 0.467. The Bertz CT molecular complexity index is 1320. The van der Waals surface area contributed by atoms with Gasteiger partial charge < -0.3 is 35.0 Å². The molecule has 4 N–H and O–H groups in total. The number of aliphatic hydroxyl groups excluding tert-OH is 3. The molecule has 0 unspecified atom stereocenters. The normalized spacial score (nSPS) is 20.6. The number of aliphatic hydroxyl groups is 3. The predicted molar refractivity (Wildman–Crippen MR) is 168 cm³/mol. The van der Waals surface area contributed by atoms with E-state index in [0.717, 1.165) is 25.7 Å². The van der Waals surface area contributed by atoms with Gasteiger partial charge in [-0.25, -0.2) is 0 Å². The number of hydrogen-bond donors (Lipinski definition) is 4. The van der Waals surface area contributed by atoms with Crippen LogP contribution in [-0.4, -0.2) is 70.5 Å². The first-order valence-electron chi connectivity index (χ1n) is 13.8. The summed E-state index contributed by atoms with van der Waals surface area (Å²) in [5.74, 6) is -0.0534. The Morgan fingerprint density at radius 2 is 1.88 bits per heavy atom. The third-order valence-electron chi connectivity index (χ3n) is 7.68. The molecule has 2 aliphatic carbocycles. The Labute approximate surface area is 268 Å². The number of methoxy groups -OCH3 is 1. The van der Waals surface area contributed by atoms with E-state index in [1.807, 2.05) is 0 Å². The number of benzene rings is 2. The highest BCUT2D eigenvalue weighted by atomic mass is 127. The van der Waals surface area contributed by atoms with Crippen molar-refractivity contribution < 1.29 is 34.4 Å². The Balaban J connectivity index is 1.75. The summed E-state index contributed by atoms with van der Waals surface area (Å²) in [6.07, 6.45) is 2.77. The monoisotopic (exact) mass is 732 g/mol. The first-order valence-corrected chi connectivity index (χ1v) is 15.7. The SMILES string of the molecule is COc1cc(CO)cc(I)c1O[C@H]1C=C(C(=O)NCCO)C[C@@H](N(Cc2ccc(Cl)cc2Cl)C(=O)C2CCCC2)[C@@H]1O. The van der Waals surface area contributed by atoms with Gasteiger partial charge in [0.15, 0.2) is 11.5 Å². The third kappa shape index (κ3) is 7.70. The van der Waals surface area contributed by atoms with Crippen LogP contribution in [0.15, 0.2) is 42.0 Å².